The van der Waals surface area contributed by atoms with Crippen LogP contribution in [0.3, 0.4) is 0 Å². The molecule has 0 aliphatic heterocycles. The van der Waals surface area contributed by atoms with E-state index in [1.54, 1.807) is 12.1 Å². The first-order valence-electron chi connectivity index (χ1n) is 5.83. The highest BCUT2D eigenvalue weighted by molar-refractivity contribution is 8.00. The van der Waals surface area contributed by atoms with Crippen LogP contribution in [-0.2, 0) is 6.42 Å². The molecule has 0 spiro atoms. The Morgan fingerprint density at radius 2 is 1.94 bits per heavy atom. The van der Waals surface area contributed by atoms with Crippen molar-refractivity contribution >= 4 is 11.8 Å². The molecule has 1 aromatic carbocycles. The Labute approximate surface area is 110 Å². The van der Waals surface area contributed by atoms with Gasteiger partial charge in [-0.2, -0.15) is 13.2 Å². The van der Waals surface area contributed by atoms with E-state index >= 15 is 0 Å². The van der Waals surface area contributed by atoms with Crippen LogP contribution in [0, 0.1) is 11.8 Å². The lowest BCUT2D eigenvalue weighted by molar-refractivity contribution is -0.0328. The number of hydrogen-bond acceptors (Lipinski definition) is 1. The van der Waals surface area contributed by atoms with Gasteiger partial charge in [0.15, 0.2) is 0 Å². The summed E-state index contributed by atoms with van der Waals surface area (Å²) in [5.41, 5.74) is -2.89. The molecule has 0 saturated carbocycles. The summed E-state index contributed by atoms with van der Waals surface area (Å²) in [4.78, 5) is 0.203. The molecule has 0 amide bonds. The summed E-state index contributed by atoms with van der Waals surface area (Å²) in [6.07, 6.45) is 2.33. The number of benzene rings is 1. The SMILES string of the molecule is CCC#Cc1ccc(CCC)cc1SC(F)(F)F. The van der Waals surface area contributed by atoms with Gasteiger partial charge in [0.25, 0.3) is 0 Å². The molecular formula is C14H15F3S. The second-order valence-electron chi connectivity index (χ2n) is 3.78. The van der Waals surface area contributed by atoms with E-state index in [9.17, 15) is 13.2 Å². The number of halogens is 3. The minimum atomic E-state index is -4.27. The highest BCUT2D eigenvalue weighted by atomic mass is 32.2. The maximum absolute atomic E-state index is 12.5. The van der Waals surface area contributed by atoms with Crippen LogP contribution in [0.4, 0.5) is 13.2 Å². The largest absolute Gasteiger partial charge is 0.446 e. The van der Waals surface area contributed by atoms with Gasteiger partial charge in [-0.15, -0.1) is 0 Å². The first-order valence-corrected chi connectivity index (χ1v) is 6.65. The van der Waals surface area contributed by atoms with Gasteiger partial charge in [0, 0.05) is 16.9 Å². The van der Waals surface area contributed by atoms with E-state index in [0.29, 0.717) is 12.0 Å². The molecule has 4 heteroatoms. The van der Waals surface area contributed by atoms with Crippen LogP contribution in [0.5, 0.6) is 0 Å². The van der Waals surface area contributed by atoms with Gasteiger partial charge in [0.05, 0.1) is 0 Å². The van der Waals surface area contributed by atoms with Gasteiger partial charge < -0.3 is 0 Å². The minimum Gasteiger partial charge on any atom is -0.160 e. The van der Waals surface area contributed by atoms with Gasteiger partial charge in [-0.3, -0.25) is 0 Å². The van der Waals surface area contributed by atoms with Gasteiger partial charge in [0.1, 0.15) is 0 Å². The summed E-state index contributed by atoms with van der Waals surface area (Å²) in [5, 5.41) is 0. The normalized spacial score (nSPS) is 10.9. The zero-order valence-corrected chi connectivity index (χ0v) is 11.2. The number of thioether (sulfide) groups is 1. The van der Waals surface area contributed by atoms with Crippen LogP contribution in [-0.4, -0.2) is 5.51 Å². The Bertz CT molecular complexity index is 452. The zero-order valence-electron chi connectivity index (χ0n) is 10.4. The highest BCUT2D eigenvalue weighted by Gasteiger charge is 2.30. The van der Waals surface area contributed by atoms with E-state index in [0.717, 1.165) is 18.4 Å². The van der Waals surface area contributed by atoms with Gasteiger partial charge in [-0.05, 0) is 35.9 Å². The van der Waals surface area contributed by atoms with Crippen LogP contribution in [0.2, 0.25) is 0 Å². The maximum Gasteiger partial charge on any atom is 0.446 e. The summed E-state index contributed by atoms with van der Waals surface area (Å²) in [6, 6.07) is 5.13. The molecule has 0 aliphatic carbocycles. The Morgan fingerprint density at radius 3 is 2.50 bits per heavy atom. The van der Waals surface area contributed by atoms with Crippen LogP contribution in [0.25, 0.3) is 0 Å². The van der Waals surface area contributed by atoms with E-state index in [1.165, 1.54) is 0 Å². The van der Waals surface area contributed by atoms with Crippen molar-refractivity contribution in [3.8, 4) is 11.8 Å². The maximum atomic E-state index is 12.5. The first-order chi connectivity index (χ1) is 8.46. The summed E-state index contributed by atoms with van der Waals surface area (Å²) in [7, 11) is 0. The van der Waals surface area contributed by atoms with Crippen molar-refractivity contribution in [3.63, 3.8) is 0 Å². The molecule has 1 aromatic rings. The van der Waals surface area contributed by atoms with Crippen molar-refractivity contribution in [1.29, 1.82) is 0 Å². The summed E-state index contributed by atoms with van der Waals surface area (Å²) in [6.45, 7) is 3.87. The second kappa shape index (κ2) is 6.75. The van der Waals surface area contributed by atoms with Crippen molar-refractivity contribution in [2.45, 2.75) is 43.5 Å². The fourth-order valence-corrected chi connectivity index (χ4v) is 2.20. The predicted octanol–water partition coefficient (Wildman–Crippen LogP) is 5.01. The van der Waals surface area contributed by atoms with E-state index in [2.05, 4.69) is 11.8 Å². The predicted molar refractivity (Wildman–Crippen MR) is 69.5 cm³/mol. The topological polar surface area (TPSA) is 0 Å². The van der Waals surface area contributed by atoms with E-state index in [-0.39, 0.29) is 16.7 Å². The lowest BCUT2D eigenvalue weighted by Crippen LogP contribution is -2.01. The molecule has 18 heavy (non-hydrogen) atoms. The average Bonchev–Trinajstić information content (AvgIpc) is 2.26. The smallest absolute Gasteiger partial charge is 0.160 e. The quantitative estimate of drug-likeness (QED) is 0.550. The number of rotatable bonds is 3. The van der Waals surface area contributed by atoms with Gasteiger partial charge in [-0.1, -0.05) is 38.2 Å². The van der Waals surface area contributed by atoms with Crippen LogP contribution in [0.15, 0.2) is 23.1 Å². The lowest BCUT2D eigenvalue weighted by atomic mass is 10.1. The van der Waals surface area contributed by atoms with Crippen molar-refractivity contribution in [1.82, 2.24) is 0 Å². The molecule has 0 N–H and O–H groups in total. The molecule has 0 aliphatic rings. The molecular weight excluding hydrogens is 257 g/mol. The highest BCUT2D eigenvalue weighted by Crippen LogP contribution is 2.38. The molecule has 1 rings (SSSR count). The molecule has 0 heterocycles. The molecule has 0 nitrogen and oxygen atoms in total. The van der Waals surface area contributed by atoms with E-state index in [4.69, 9.17) is 0 Å². The van der Waals surface area contributed by atoms with E-state index in [1.807, 2.05) is 19.9 Å². The number of alkyl halides is 3. The van der Waals surface area contributed by atoms with Crippen LogP contribution < -0.4 is 0 Å². The summed E-state index contributed by atoms with van der Waals surface area (Å²) >= 11 is -0.0847. The van der Waals surface area contributed by atoms with Gasteiger partial charge >= 0.3 is 5.51 Å². The van der Waals surface area contributed by atoms with Gasteiger partial charge in [-0.25, -0.2) is 0 Å². The molecule has 0 radical (unpaired) electrons. The summed E-state index contributed by atoms with van der Waals surface area (Å²) < 4.78 is 37.4. The molecule has 0 saturated heterocycles. The first kappa shape index (κ1) is 15.0. The molecule has 0 unspecified atom stereocenters. The Hall–Kier alpha value is -1.08. The van der Waals surface area contributed by atoms with E-state index < -0.39 is 5.51 Å². The lowest BCUT2D eigenvalue weighted by Gasteiger charge is -2.09. The third-order valence-corrected chi connectivity index (χ3v) is 3.00. The molecule has 98 valence electrons. The Morgan fingerprint density at radius 1 is 1.22 bits per heavy atom. The zero-order chi connectivity index (χ0) is 13.6. The average molecular weight is 272 g/mol. The van der Waals surface area contributed by atoms with Crippen molar-refractivity contribution < 1.29 is 13.2 Å². The molecule has 0 atom stereocenters. The third kappa shape index (κ3) is 5.05. The monoisotopic (exact) mass is 272 g/mol. The molecule has 0 fully saturated rings. The number of hydrogen-bond donors (Lipinski definition) is 0. The Balaban J connectivity index is 3.09. The second-order valence-corrected chi connectivity index (χ2v) is 4.89. The molecule has 0 bridgehead atoms. The third-order valence-electron chi connectivity index (χ3n) is 2.21. The number of aryl methyl sites for hydroxylation is 1. The van der Waals surface area contributed by atoms with Crippen molar-refractivity contribution in [2.24, 2.45) is 0 Å². The van der Waals surface area contributed by atoms with Crippen LogP contribution >= 0.6 is 11.8 Å². The minimum absolute atomic E-state index is 0.0847. The van der Waals surface area contributed by atoms with Crippen LogP contribution in [0.1, 0.15) is 37.8 Å². The van der Waals surface area contributed by atoms with Crippen molar-refractivity contribution in [3.05, 3.63) is 29.3 Å². The Kier molecular flexibility index (Phi) is 5.61. The molecule has 0 aromatic heterocycles. The fourth-order valence-electron chi connectivity index (χ4n) is 1.51. The van der Waals surface area contributed by atoms with Crippen molar-refractivity contribution in [2.75, 3.05) is 0 Å². The summed E-state index contributed by atoms with van der Waals surface area (Å²) in [5.74, 6) is 5.60. The standard InChI is InChI=1S/C14H15F3S/c1-3-5-7-12-9-8-11(6-4-2)10-13(12)18-14(15,16)17/h8-10H,3-4,6H2,1-2H3. The van der Waals surface area contributed by atoms with Gasteiger partial charge in [0.2, 0.25) is 0 Å². The fraction of sp³-hybridized carbons (Fsp3) is 0.429.